The van der Waals surface area contributed by atoms with Gasteiger partial charge in [-0.05, 0) is 18.1 Å². The van der Waals surface area contributed by atoms with Crippen LogP contribution in [-0.2, 0) is 6.42 Å². The summed E-state index contributed by atoms with van der Waals surface area (Å²) in [6.45, 7) is 0. The lowest BCUT2D eigenvalue weighted by atomic mass is 10.1. The molecule has 94 valence electrons. The van der Waals surface area contributed by atoms with Crippen LogP contribution in [0.1, 0.15) is 5.56 Å². The van der Waals surface area contributed by atoms with Gasteiger partial charge in [0.15, 0.2) is 0 Å². The first-order valence-corrected chi connectivity index (χ1v) is 4.47. The van der Waals surface area contributed by atoms with E-state index in [0.29, 0.717) is 0 Å². The molecule has 0 fully saturated rings. The Labute approximate surface area is 93.2 Å². The maximum absolute atomic E-state index is 12.9. The first kappa shape index (κ1) is 13.4. The summed E-state index contributed by atoms with van der Waals surface area (Å²) in [5, 5.41) is 10.4. The van der Waals surface area contributed by atoms with Crippen molar-refractivity contribution in [1.82, 2.24) is 0 Å². The van der Waals surface area contributed by atoms with E-state index >= 15 is 0 Å². The van der Waals surface area contributed by atoms with Gasteiger partial charge in [0.05, 0.1) is 4.92 Å². The maximum atomic E-state index is 12.9. The van der Waals surface area contributed by atoms with Crippen LogP contribution in [0.25, 0.3) is 0 Å². The molecule has 1 aromatic rings. The van der Waals surface area contributed by atoms with E-state index in [1.807, 2.05) is 0 Å². The monoisotopic (exact) mass is 252 g/mol. The van der Waals surface area contributed by atoms with Crippen LogP contribution in [0.2, 0.25) is 0 Å². The van der Waals surface area contributed by atoms with Gasteiger partial charge in [0, 0.05) is 6.07 Å². The van der Waals surface area contributed by atoms with E-state index < -0.39 is 35.1 Å². The molecule has 0 aromatic heterocycles. The van der Waals surface area contributed by atoms with E-state index in [4.69, 9.17) is 5.73 Å². The number of hydrogen-bond acceptors (Lipinski definition) is 3. The van der Waals surface area contributed by atoms with Crippen molar-refractivity contribution in [3.8, 4) is 0 Å². The second-order valence-corrected chi connectivity index (χ2v) is 3.40. The van der Waals surface area contributed by atoms with Crippen molar-refractivity contribution in [3.63, 3.8) is 0 Å². The zero-order valence-corrected chi connectivity index (χ0v) is 8.37. The van der Waals surface area contributed by atoms with Gasteiger partial charge in [-0.15, -0.1) is 0 Å². The maximum Gasteiger partial charge on any atom is 0.403 e. The Bertz CT molecular complexity index is 433. The molecule has 2 N–H and O–H groups in total. The number of hydrogen-bond donors (Lipinski definition) is 1. The highest BCUT2D eigenvalue weighted by Crippen LogP contribution is 2.24. The van der Waals surface area contributed by atoms with Crippen molar-refractivity contribution in [2.24, 2.45) is 5.73 Å². The van der Waals surface area contributed by atoms with Crippen molar-refractivity contribution in [2.45, 2.75) is 18.6 Å². The number of rotatable bonds is 3. The second-order valence-electron chi connectivity index (χ2n) is 3.40. The minimum Gasteiger partial charge on any atom is -0.320 e. The van der Waals surface area contributed by atoms with Gasteiger partial charge in [-0.25, -0.2) is 0 Å². The summed E-state index contributed by atoms with van der Waals surface area (Å²) in [7, 11) is 0. The summed E-state index contributed by atoms with van der Waals surface area (Å²) in [6.07, 6.45) is -5.23. The number of alkyl halides is 3. The zero-order chi connectivity index (χ0) is 13.2. The molecule has 0 aliphatic rings. The van der Waals surface area contributed by atoms with E-state index in [1.54, 1.807) is 0 Å². The summed E-state index contributed by atoms with van der Waals surface area (Å²) >= 11 is 0. The Balaban J connectivity index is 2.94. The first-order chi connectivity index (χ1) is 7.71. The van der Waals surface area contributed by atoms with Gasteiger partial charge in [-0.3, -0.25) is 10.1 Å². The lowest BCUT2D eigenvalue weighted by Gasteiger charge is -2.15. The number of nitro benzene ring substituents is 1. The summed E-state index contributed by atoms with van der Waals surface area (Å²) < 4.78 is 49.3. The molecule has 1 unspecified atom stereocenters. The largest absolute Gasteiger partial charge is 0.403 e. The van der Waals surface area contributed by atoms with Crippen LogP contribution in [0.4, 0.5) is 23.2 Å². The molecule has 4 nitrogen and oxygen atoms in total. The van der Waals surface area contributed by atoms with Crippen molar-refractivity contribution < 1.29 is 22.5 Å². The molecule has 0 radical (unpaired) electrons. The van der Waals surface area contributed by atoms with E-state index in [0.717, 1.165) is 18.2 Å². The van der Waals surface area contributed by atoms with Crippen LogP contribution in [0.3, 0.4) is 0 Å². The molecule has 0 spiro atoms. The van der Waals surface area contributed by atoms with Crippen LogP contribution in [-0.4, -0.2) is 17.1 Å². The van der Waals surface area contributed by atoms with Crippen LogP contribution < -0.4 is 5.73 Å². The van der Waals surface area contributed by atoms with Gasteiger partial charge in [0.2, 0.25) is 5.82 Å². The molecule has 0 saturated heterocycles. The van der Waals surface area contributed by atoms with E-state index in [2.05, 4.69) is 0 Å². The fraction of sp³-hybridized carbons (Fsp3) is 0.333. The van der Waals surface area contributed by atoms with Crippen molar-refractivity contribution >= 4 is 5.69 Å². The van der Waals surface area contributed by atoms with Crippen LogP contribution >= 0.6 is 0 Å². The third kappa shape index (κ3) is 3.38. The van der Waals surface area contributed by atoms with Gasteiger partial charge in [-0.2, -0.15) is 17.6 Å². The van der Waals surface area contributed by atoms with E-state index in [1.165, 1.54) is 0 Å². The summed E-state index contributed by atoms with van der Waals surface area (Å²) in [6, 6.07) is 0.401. The van der Waals surface area contributed by atoms with Crippen LogP contribution in [0.5, 0.6) is 0 Å². The van der Waals surface area contributed by atoms with Gasteiger partial charge in [-0.1, -0.05) is 6.07 Å². The van der Waals surface area contributed by atoms with Gasteiger partial charge in [0.1, 0.15) is 6.04 Å². The molecule has 0 amide bonds. The lowest BCUT2D eigenvalue weighted by Crippen LogP contribution is -2.39. The normalized spacial score (nSPS) is 13.5. The molecule has 1 aromatic carbocycles. The summed E-state index contributed by atoms with van der Waals surface area (Å²) in [5.74, 6) is -1.10. The van der Waals surface area contributed by atoms with E-state index in [-0.39, 0.29) is 5.56 Å². The predicted octanol–water partition coefficient (Wildman–Crippen LogP) is 2.17. The Hall–Kier alpha value is -1.70. The second kappa shape index (κ2) is 4.66. The third-order valence-corrected chi connectivity index (χ3v) is 2.08. The minimum absolute atomic E-state index is 0.0390. The highest BCUT2D eigenvalue weighted by atomic mass is 19.4. The Morgan fingerprint density at radius 2 is 2.00 bits per heavy atom. The highest BCUT2D eigenvalue weighted by molar-refractivity contribution is 5.36. The predicted molar refractivity (Wildman–Crippen MR) is 50.8 cm³/mol. The molecular weight excluding hydrogens is 244 g/mol. The number of nitrogens with zero attached hydrogens (tertiary/aromatic N) is 1. The van der Waals surface area contributed by atoms with Gasteiger partial charge < -0.3 is 5.73 Å². The quantitative estimate of drug-likeness (QED) is 0.509. The van der Waals surface area contributed by atoms with Crippen LogP contribution in [0, 0.1) is 15.9 Å². The topological polar surface area (TPSA) is 69.2 Å². The average molecular weight is 252 g/mol. The molecule has 0 aliphatic heterocycles. The molecule has 0 aliphatic carbocycles. The third-order valence-electron chi connectivity index (χ3n) is 2.08. The van der Waals surface area contributed by atoms with Gasteiger partial charge >= 0.3 is 11.9 Å². The highest BCUT2D eigenvalue weighted by Gasteiger charge is 2.36. The fourth-order valence-corrected chi connectivity index (χ4v) is 1.19. The number of halogens is 4. The van der Waals surface area contributed by atoms with Crippen molar-refractivity contribution in [1.29, 1.82) is 0 Å². The lowest BCUT2D eigenvalue weighted by molar-refractivity contribution is -0.387. The molecule has 1 rings (SSSR count). The molecule has 17 heavy (non-hydrogen) atoms. The summed E-state index contributed by atoms with van der Waals surface area (Å²) in [4.78, 5) is 9.37. The SMILES string of the molecule is NC(Cc1ccc(F)c([N+](=O)[O-])c1)C(F)(F)F. The Morgan fingerprint density at radius 3 is 2.47 bits per heavy atom. The number of nitro groups is 1. The fourth-order valence-electron chi connectivity index (χ4n) is 1.19. The molecule has 0 saturated carbocycles. The molecule has 0 heterocycles. The van der Waals surface area contributed by atoms with E-state index in [9.17, 15) is 27.7 Å². The Kier molecular flexibility index (Phi) is 3.66. The Morgan fingerprint density at radius 1 is 1.41 bits per heavy atom. The smallest absolute Gasteiger partial charge is 0.320 e. The number of benzene rings is 1. The van der Waals surface area contributed by atoms with Crippen molar-refractivity contribution in [2.75, 3.05) is 0 Å². The number of nitrogens with two attached hydrogens (primary N) is 1. The molecule has 0 bridgehead atoms. The van der Waals surface area contributed by atoms with Crippen LogP contribution in [0.15, 0.2) is 18.2 Å². The standard InChI is InChI=1S/C9H8F4N2O2/c10-6-2-1-5(3-7(6)15(16)17)4-8(14)9(11,12)13/h1-3,8H,4,14H2. The van der Waals surface area contributed by atoms with Gasteiger partial charge in [0.25, 0.3) is 0 Å². The minimum atomic E-state index is -4.59. The molecule has 1 atom stereocenters. The molecular formula is C9H8F4N2O2. The zero-order valence-electron chi connectivity index (χ0n) is 8.37. The molecule has 8 heteroatoms. The average Bonchev–Trinajstić information content (AvgIpc) is 2.19. The van der Waals surface area contributed by atoms with Crippen molar-refractivity contribution in [3.05, 3.63) is 39.7 Å². The first-order valence-electron chi connectivity index (χ1n) is 4.47. The summed E-state index contributed by atoms with van der Waals surface area (Å²) in [5.41, 5.74) is 3.96.